The average Bonchev–Trinajstić information content (AvgIpc) is 2.57. The summed E-state index contributed by atoms with van der Waals surface area (Å²) in [6.45, 7) is -0.247. The van der Waals surface area contributed by atoms with E-state index in [9.17, 15) is 18.4 Å². The quantitative estimate of drug-likeness (QED) is 0.821. The minimum atomic E-state index is -1.06. The van der Waals surface area contributed by atoms with Crippen molar-refractivity contribution in [3.05, 3.63) is 65.7 Å². The molecule has 0 fully saturated rings. The number of anilines is 1. The third kappa shape index (κ3) is 4.60. The summed E-state index contributed by atoms with van der Waals surface area (Å²) in [7, 11) is 0. The van der Waals surface area contributed by atoms with Crippen LogP contribution >= 0.6 is 0 Å². The van der Waals surface area contributed by atoms with Crippen LogP contribution in [0, 0.1) is 11.6 Å². The van der Waals surface area contributed by atoms with Crippen LogP contribution in [0.3, 0.4) is 0 Å². The summed E-state index contributed by atoms with van der Waals surface area (Å²) in [5.74, 6) is -3.75. The van der Waals surface area contributed by atoms with Gasteiger partial charge in [0.25, 0.3) is 0 Å². The number of aliphatic hydroxyl groups excluding tert-OH is 1. The van der Waals surface area contributed by atoms with Gasteiger partial charge in [0.2, 0.25) is 0 Å². The average molecular weight is 334 g/mol. The zero-order valence-electron chi connectivity index (χ0n) is 12.7. The number of nitrogens with zero attached hydrogens (tertiary/aromatic N) is 1. The third-order valence-electron chi connectivity index (χ3n) is 3.25. The van der Waals surface area contributed by atoms with E-state index < -0.39 is 23.4 Å². The van der Waals surface area contributed by atoms with Crippen molar-refractivity contribution in [2.45, 2.75) is 6.54 Å². The highest BCUT2D eigenvalue weighted by Crippen LogP contribution is 2.15. The molecule has 0 aromatic heterocycles. The zero-order valence-corrected chi connectivity index (χ0v) is 12.7. The van der Waals surface area contributed by atoms with Gasteiger partial charge in [0.05, 0.1) is 12.3 Å². The second-order valence-electron chi connectivity index (χ2n) is 5.01. The Kier molecular flexibility index (Phi) is 5.97. The largest absolute Gasteiger partial charge is 0.395 e. The first-order valence-electron chi connectivity index (χ1n) is 7.21. The highest BCUT2D eigenvalue weighted by atomic mass is 19.1. The lowest BCUT2D eigenvalue weighted by Gasteiger charge is -2.21. The molecule has 0 unspecified atom stereocenters. The van der Waals surface area contributed by atoms with E-state index >= 15 is 0 Å². The second kappa shape index (κ2) is 8.16. The van der Waals surface area contributed by atoms with Gasteiger partial charge in [-0.1, -0.05) is 30.3 Å². The summed E-state index contributed by atoms with van der Waals surface area (Å²) in [5.41, 5.74) is 0.485. The van der Waals surface area contributed by atoms with Crippen molar-refractivity contribution in [1.29, 1.82) is 0 Å². The van der Waals surface area contributed by atoms with Gasteiger partial charge >= 0.3 is 11.8 Å². The molecule has 0 heterocycles. The van der Waals surface area contributed by atoms with Gasteiger partial charge in [-0.15, -0.1) is 0 Å². The van der Waals surface area contributed by atoms with Gasteiger partial charge in [-0.2, -0.15) is 0 Å². The maximum Gasteiger partial charge on any atom is 0.313 e. The number of halogens is 2. The molecular formula is C17H16F2N2O3. The highest BCUT2D eigenvalue weighted by molar-refractivity contribution is 6.39. The fraction of sp³-hybridized carbons (Fsp3) is 0.176. The van der Waals surface area contributed by atoms with Gasteiger partial charge in [-0.25, -0.2) is 8.78 Å². The van der Waals surface area contributed by atoms with Crippen LogP contribution in [0.5, 0.6) is 0 Å². The summed E-state index contributed by atoms with van der Waals surface area (Å²) in [5, 5.41) is 11.2. The lowest BCUT2D eigenvalue weighted by atomic mass is 10.2. The molecule has 24 heavy (non-hydrogen) atoms. The smallest absolute Gasteiger partial charge is 0.313 e. The van der Waals surface area contributed by atoms with Crippen molar-refractivity contribution in [3.63, 3.8) is 0 Å². The predicted molar refractivity (Wildman–Crippen MR) is 83.9 cm³/mol. The lowest BCUT2D eigenvalue weighted by Crippen LogP contribution is -2.40. The van der Waals surface area contributed by atoms with E-state index in [2.05, 4.69) is 5.32 Å². The molecule has 126 valence electrons. The van der Waals surface area contributed by atoms with Crippen LogP contribution in [0.25, 0.3) is 0 Å². The van der Waals surface area contributed by atoms with E-state index in [1.165, 1.54) is 0 Å². The Morgan fingerprint density at radius 3 is 2.42 bits per heavy atom. The van der Waals surface area contributed by atoms with Gasteiger partial charge in [-0.3, -0.25) is 9.59 Å². The first-order valence-corrected chi connectivity index (χ1v) is 7.21. The number of benzene rings is 2. The summed E-state index contributed by atoms with van der Waals surface area (Å²) >= 11 is 0. The molecule has 2 N–H and O–H groups in total. The van der Waals surface area contributed by atoms with Gasteiger partial charge in [0, 0.05) is 19.2 Å². The number of amides is 2. The monoisotopic (exact) mass is 334 g/mol. The molecule has 7 heteroatoms. The SMILES string of the molecule is O=C(Nc1ccc(F)cc1F)C(=O)N(CCO)Cc1ccccc1. The van der Waals surface area contributed by atoms with Gasteiger partial charge < -0.3 is 15.3 Å². The van der Waals surface area contributed by atoms with Crippen LogP contribution in [0.4, 0.5) is 14.5 Å². The molecule has 2 amide bonds. The Morgan fingerprint density at radius 2 is 1.79 bits per heavy atom. The molecule has 0 saturated heterocycles. The predicted octanol–water partition coefficient (Wildman–Crippen LogP) is 1.92. The van der Waals surface area contributed by atoms with Gasteiger partial charge in [-0.05, 0) is 17.7 Å². The molecule has 5 nitrogen and oxygen atoms in total. The molecule has 0 aliphatic heterocycles. The minimum Gasteiger partial charge on any atom is -0.395 e. The Balaban J connectivity index is 2.09. The maximum absolute atomic E-state index is 13.6. The summed E-state index contributed by atoms with van der Waals surface area (Å²) in [4.78, 5) is 25.4. The van der Waals surface area contributed by atoms with Crippen molar-refractivity contribution < 1.29 is 23.5 Å². The van der Waals surface area contributed by atoms with Gasteiger partial charge in [0.1, 0.15) is 11.6 Å². The second-order valence-corrected chi connectivity index (χ2v) is 5.01. The summed E-state index contributed by atoms with van der Waals surface area (Å²) in [6, 6.07) is 11.5. The molecule has 0 bridgehead atoms. The van der Waals surface area contributed by atoms with Crippen LogP contribution in [-0.2, 0) is 16.1 Å². The fourth-order valence-electron chi connectivity index (χ4n) is 2.09. The molecule has 2 aromatic carbocycles. The molecule has 0 spiro atoms. The van der Waals surface area contributed by atoms with Crippen LogP contribution in [0.15, 0.2) is 48.5 Å². The van der Waals surface area contributed by atoms with E-state index in [-0.39, 0.29) is 25.4 Å². The standard InChI is InChI=1S/C17H16F2N2O3/c18-13-6-7-15(14(19)10-13)20-16(23)17(24)21(8-9-22)11-12-4-2-1-3-5-12/h1-7,10,22H,8-9,11H2,(H,20,23). The molecule has 0 aliphatic carbocycles. The normalized spacial score (nSPS) is 10.3. The number of carbonyl (C=O) groups excluding carboxylic acids is 2. The van der Waals surface area contributed by atoms with Crippen LogP contribution in [-0.4, -0.2) is 35.0 Å². The molecule has 0 radical (unpaired) electrons. The van der Waals surface area contributed by atoms with Crippen LogP contribution in [0.2, 0.25) is 0 Å². The number of carbonyl (C=O) groups is 2. The van der Waals surface area contributed by atoms with E-state index in [1.807, 2.05) is 6.07 Å². The van der Waals surface area contributed by atoms with E-state index in [1.54, 1.807) is 24.3 Å². The first kappa shape index (κ1) is 17.6. The number of rotatable bonds is 5. The van der Waals surface area contributed by atoms with Crippen LogP contribution in [0.1, 0.15) is 5.56 Å². The molecule has 2 aromatic rings. The number of hydrogen-bond donors (Lipinski definition) is 2. The zero-order chi connectivity index (χ0) is 17.5. The molecule has 0 atom stereocenters. The Labute approximate surface area is 137 Å². The number of aliphatic hydroxyl groups is 1. The number of nitrogens with one attached hydrogen (secondary N) is 1. The lowest BCUT2D eigenvalue weighted by molar-refractivity contribution is -0.143. The van der Waals surface area contributed by atoms with E-state index in [0.29, 0.717) is 6.07 Å². The molecule has 0 saturated carbocycles. The van der Waals surface area contributed by atoms with Crippen molar-refractivity contribution in [2.24, 2.45) is 0 Å². The van der Waals surface area contributed by atoms with Crippen molar-refractivity contribution >= 4 is 17.5 Å². The topological polar surface area (TPSA) is 69.6 Å². The fourth-order valence-corrected chi connectivity index (χ4v) is 2.09. The molecule has 2 rings (SSSR count). The van der Waals surface area contributed by atoms with E-state index in [4.69, 9.17) is 5.11 Å². The molecular weight excluding hydrogens is 318 g/mol. The van der Waals surface area contributed by atoms with Crippen molar-refractivity contribution in [2.75, 3.05) is 18.5 Å². The summed E-state index contributed by atoms with van der Waals surface area (Å²) in [6.07, 6.45) is 0. The molecule has 0 aliphatic rings. The minimum absolute atomic E-state index is 0.0486. The first-order chi connectivity index (χ1) is 11.5. The Bertz CT molecular complexity index is 723. The Morgan fingerprint density at radius 1 is 1.08 bits per heavy atom. The van der Waals surface area contributed by atoms with Crippen molar-refractivity contribution in [3.8, 4) is 0 Å². The van der Waals surface area contributed by atoms with Crippen molar-refractivity contribution in [1.82, 2.24) is 4.90 Å². The summed E-state index contributed by atoms with van der Waals surface area (Å²) < 4.78 is 26.4. The van der Waals surface area contributed by atoms with Gasteiger partial charge in [0.15, 0.2) is 0 Å². The maximum atomic E-state index is 13.6. The van der Waals surface area contributed by atoms with E-state index in [0.717, 1.165) is 22.6 Å². The highest BCUT2D eigenvalue weighted by Gasteiger charge is 2.22. The number of hydrogen-bond acceptors (Lipinski definition) is 3. The Hall–Kier alpha value is -2.80. The third-order valence-corrected chi connectivity index (χ3v) is 3.25. The van der Waals surface area contributed by atoms with Crippen LogP contribution < -0.4 is 5.32 Å².